The van der Waals surface area contributed by atoms with Crippen molar-refractivity contribution in [2.75, 3.05) is 23.8 Å². The molecule has 2 aromatic rings. The number of rotatable bonds is 7. The Morgan fingerprint density at radius 2 is 1.87 bits per heavy atom. The van der Waals surface area contributed by atoms with Crippen LogP contribution in [0.5, 0.6) is 5.75 Å². The largest absolute Gasteiger partial charge is 0.489 e. The fourth-order valence-electron chi connectivity index (χ4n) is 1.93. The lowest BCUT2D eigenvalue weighted by molar-refractivity contribution is -0.114. The molecule has 0 aliphatic heterocycles. The van der Waals surface area contributed by atoms with E-state index in [-0.39, 0.29) is 12.5 Å². The van der Waals surface area contributed by atoms with Gasteiger partial charge in [0, 0.05) is 17.4 Å². The molecule has 2 aromatic carbocycles. The van der Waals surface area contributed by atoms with E-state index in [2.05, 4.69) is 17.2 Å². The second kappa shape index (κ2) is 8.03. The van der Waals surface area contributed by atoms with E-state index >= 15 is 0 Å². The summed E-state index contributed by atoms with van der Waals surface area (Å²) in [5, 5.41) is 5.94. The number of ether oxygens (including phenoxy) is 1. The molecule has 4 nitrogen and oxygen atoms in total. The summed E-state index contributed by atoms with van der Waals surface area (Å²) >= 11 is 0. The summed E-state index contributed by atoms with van der Waals surface area (Å²) in [5.74, 6) is 0.652. The van der Waals surface area contributed by atoms with E-state index in [0.29, 0.717) is 6.61 Å². The molecule has 2 N–H and O–H groups in total. The lowest BCUT2D eigenvalue weighted by Gasteiger charge is -2.10. The van der Waals surface area contributed by atoms with Crippen LogP contribution in [0.15, 0.2) is 60.7 Å². The summed E-state index contributed by atoms with van der Waals surface area (Å²) in [6.45, 7) is 8.40. The molecular formula is C19H22N2O2. The van der Waals surface area contributed by atoms with Gasteiger partial charge in [-0.25, -0.2) is 0 Å². The highest BCUT2D eigenvalue weighted by Crippen LogP contribution is 2.17. The maximum absolute atomic E-state index is 12.0. The summed E-state index contributed by atoms with van der Waals surface area (Å²) in [6.07, 6.45) is 0. The molecule has 1 amide bonds. The number of carbonyl (C=O) groups is 1. The molecule has 4 heteroatoms. The van der Waals surface area contributed by atoms with Gasteiger partial charge in [-0.3, -0.25) is 4.79 Å². The third-order valence-electron chi connectivity index (χ3n) is 3.11. The maximum Gasteiger partial charge on any atom is 0.243 e. The van der Waals surface area contributed by atoms with Crippen LogP contribution in [0.4, 0.5) is 11.4 Å². The number of hydrogen-bond acceptors (Lipinski definition) is 3. The van der Waals surface area contributed by atoms with Crippen LogP contribution in [0.25, 0.3) is 0 Å². The van der Waals surface area contributed by atoms with Crippen molar-refractivity contribution >= 4 is 17.3 Å². The first-order valence-electron chi connectivity index (χ1n) is 7.50. The zero-order valence-corrected chi connectivity index (χ0v) is 13.6. The van der Waals surface area contributed by atoms with Crippen molar-refractivity contribution in [1.82, 2.24) is 0 Å². The highest BCUT2D eigenvalue weighted by molar-refractivity contribution is 5.93. The van der Waals surface area contributed by atoms with Gasteiger partial charge in [-0.1, -0.05) is 30.3 Å². The number of hydrogen-bond donors (Lipinski definition) is 2. The molecule has 0 aliphatic carbocycles. The molecule has 0 unspecified atom stereocenters. The second-order valence-electron chi connectivity index (χ2n) is 5.54. The van der Waals surface area contributed by atoms with Crippen molar-refractivity contribution in [2.24, 2.45) is 0 Å². The fourth-order valence-corrected chi connectivity index (χ4v) is 1.93. The highest BCUT2D eigenvalue weighted by Gasteiger charge is 2.03. The standard InChI is InChI=1S/C19H22N2O2/c1-14(2)13-23-18-6-4-5-17(11-18)20-12-19(22)21-16-9-7-15(3)8-10-16/h4-11,20H,1,12-13H2,2-3H3,(H,21,22). The Bertz CT molecular complexity index is 678. The first-order valence-corrected chi connectivity index (χ1v) is 7.50. The first-order chi connectivity index (χ1) is 11.0. The number of nitrogens with one attached hydrogen (secondary N) is 2. The summed E-state index contributed by atoms with van der Waals surface area (Å²) in [4.78, 5) is 12.0. The van der Waals surface area contributed by atoms with Gasteiger partial charge >= 0.3 is 0 Å². The van der Waals surface area contributed by atoms with Crippen LogP contribution in [0.3, 0.4) is 0 Å². The summed E-state index contributed by atoms with van der Waals surface area (Å²) in [5.41, 5.74) is 3.75. The van der Waals surface area contributed by atoms with Crippen LogP contribution in [-0.4, -0.2) is 19.1 Å². The number of amides is 1. The quantitative estimate of drug-likeness (QED) is 0.760. The van der Waals surface area contributed by atoms with E-state index < -0.39 is 0 Å². The Balaban J connectivity index is 1.85. The lowest BCUT2D eigenvalue weighted by atomic mass is 10.2. The smallest absolute Gasteiger partial charge is 0.243 e. The molecule has 0 saturated heterocycles. The average Bonchev–Trinajstić information content (AvgIpc) is 2.54. The van der Waals surface area contributed by atoms with E-state index in [4.69, 9.17) is 4.74 Å². The van der Waals surface area contributed by atoms with Crippen molar-refractivity contribution in [1.29, 1.82) is 0 Å². The maximum atomic E-state index is 12.0. The van der Waals surface area contributed by atoms with Crippen molar-refractivity contribution < 1.29 is 9.53 Å². The van der Waals surface area contributed by atoms with Crippen molar-refractivity contribution in [3.8, 4) is 5.75 Å². The topological polar surface area (TPSA) is 50.4 Å². The molecule has 0 saturated carbocycles. The Kier molecular flexibility index (Phi) is 5.80. The third-order valence-corrected chi connectivity index (χ3v) is 3.11. The molecule has 0 aliphatic rings. The number of aryl methyl sites for hydroxylation is 1. The van der Waals surface area contributed by atoms with Crippen molar-refractivity contribution in [3.05, 3.63) is 66.2 Å². The SMILES string of the molecule is C=C(C)COc1cccc(NCC(=O)Nc2ccc(C)cc2)c1. The minimum absolute atomic E-state index is 0.0953. The van der Waals surface area contributed by atoms with E-state index in [1.165, 1.54) is 0 Å². The van der Waals surface area contributed by atoms with E-state index in [0.717, 1.165) is 28.3 Å². The van der Waals surface area contributed by atoms with Gasteiger partial charge in [0.25, 0.3) is 0 Å². The van der Waals surface area contributed by atoms with Gasteiger partial charge in [0.15, 0.2) is 0 Å². The zero-order chi connectivity index (χ0) is 16.7. The zero-order valence-electron chi connectivity index (χ0n) is 13.6. The number of anilines is 2. The average molecular weight is 310 g/mol. The molecule has 0 atom stereocenters. The molecule has 0 spiro atoms. The Labute approximate surface area is 137 Å². The Morgan fingerprint density at radius 3 is 2.57 bits per heavy atom. The predicted octanol–water partition coefficient (Wildman–Crippen LogP) is 4.00. The molecule has 0 bridgehead atoms. The normalized spacial score (nSPS) is 10.0. The van der Waals surface area contributed by atoms with Gasteiger partial charge in [-0.15, -0.1) is 0 Å². The minimum atomic E-state index is -0.0953. The van der Waals surface area contributed by atoms with Gasteiger partial charge in [0.2, 0.25) is 5.91 Å². The van der Waals surface area contributed by atoms with E-state index in [9.17, 15) is 4.79 Å². The lowest BCUT2D eigenvalue weighted by Crippen LogP contribution is -2.21. The molecular weight excluding hydrogens is 288 g/mol. The Hall–Kier alpha value is -2.75. The Morgan fingerprint density at radius 1 is 1.13 bits per heavy atom. The van der Waals surface area contributed by atoms with Gasteiger partial charge in [-0.2, -0.15) is 0 Å². The summed E-state index contributed by atoms with van der Waals surface area (Å²) < 4.78 is 5.58. The van der Waals surface area contributed by atoms with Crippen LogP contribution in [0.1, 0.15) is 12.5 Å². The third kappa shape index (κ3) is 5.87. The van der Waals surface area contributed by atoms with Gasteiger partial charge in [-0.05, 0) is 43.7 Å². The van der Waals surface area contributed by atoms with Crippen LogP contribution >= 0.6 is 0 Å². The van der Waals surface area contributed by atoms with Gasteiger partial charge < -0.3 is 15.4 Å². The minimum Gasteiger partial charge on any atom is -0.489 e. The van der Waals surface area contributed by atoms with Crippen molar-refractivity contribution in [3.63, 3.8) is 0 Å². The van der Waals surface area contributed by atoms with Crippen LogP contribution in [0.2, 0.25) is 0 Å². The summed E-state index contributed by atoms with van der Waals surface area (Å²) in [6, 6.07) is 15.2. The monoisotopic (exact) mass is 310 g/mol. The second-order valence-corrected chi connectivity index (χ2v) is 5.54. The van der Waals surface area contributed by atoms with Crippen LogP contribution < -0.4 is 15.4 Å². The van der Waals surface area contributed by atoms with Gasteiger partial charge in [0.05, 0.1) is 6.54 Å². The van der Waals surface area contributed by atoms with Gasteiger partial charge in [0.1, 0.15) is 12.4 Å². The fraction of sp³-hybridized carbons (Fsp3) is 0.211. The number of carbonyl (C=O) groups excluding carboxylic acids is 1. The molecule has 0 heterocycles. The van der Waals surface area contributed by atoms with E-state index in [1.54, 1.807) is 0 Å². The molecule has 0 radical (unpaired) electrons. The highest BCUT2D eigenvalue weighted by atomic mass is 16.5. The van der Waals surface area contributed by atoms with E-state index in [1.807, 2.05) is 62.4 Å². The molecule has 0 aromatic heterocycles. The summed E-state index contributed by atoms with van der Waals surface area (Å²) in [7, 11) is 0. The molecule has 2 rings (SSSR count). The van der Waals surface area contributed by atoms with Crippen molar-refractivity contribution in [2.45, 2.75) is 13.8 Å². The molecule has 120 valence electrons. The molecule has 23 heavy (non-hydrogen) atoms. The number of benzene rings is 2. The van der Waals surface area contributed by atoms with Crippen LogP contribution in [0, 0.1) is 6.92 Å². The van der Waals surface area contributed by atoms with Crippen LogP contribution in [-0.2, 0) is 4.79 Å². The first kappa shape index (κ1) is 16.6. The molecule has 0 fully saturated rings. The predicted molar refractivity (Wildman–Crippen MR) is 95.0 cm³/mol.